The van der Waals surface area contributed by atoms with Crippen molar-refractivity contribution in [3.8, 4) is 17.3 Å². The Kier molecular flexibility index (Phi) is 9.24. The molecule has 0 N–H and O–H groups in total. The monoisotopic (exact) mass is 1030 g/mol. The first kappa shape index (κ1) is 40.0. The molecule has 0 aliphatic heterocycles. The molecule has 0 aliphatic rings. The van der Waals surface area contributed by atoms with E-state index in [1.54, 1.807) is 0 Å². The van der Waals surface area contributed by atoms with E-state index >= 15 is 0 Å². The first-order chi connectivity index (χ1) is 31.9. The summed E-state index contributed by atoms with van der Waals surface area (Å²) in [7, 11) is 0. The Balaban J connectivity index is 0.00000456. The number of aromatic nitrogens is 4. The van der Waals surface area contributed by atoms with Gasteiger partial charge in [0.2, 0.25) is 0 Å². The zero-order valence-corrected chi connectivity index (χ0v) is 38.7. The predicted molar refractivity (Wildman–Crippen MR) is 267 cm³/mol. The standard InChI is InChI=1S/C60H40N4O.Pt/c1-60(2,3)38-32-33-61-57(34-38)64-54-27-15-13-23-48(54)50-31-29-40(36-56(50)64)65-39-28-30-49-44-19-7-5-17-42(44)46-21-9-11-25-52(46)59-58-51-24-10-8-20-45(51)41-16-4-6-18-43(41)47-22-12-14-26-53(47)62(58)37-63(59)55(49)35-39;/h4-34H,1-3H3;/q-2;. The molecule has 5 aromatic heterocycles. The van der Waals surface area contributed by atoms with Crippen LogP contribution in [-0.4, -0.2) is 14.0 Å². The Morgan fingerprint density at radius 2 is 0.970 bits per heavy atom. The largest absolute Gasteiger partial charge is 0.510 e. The van der Waals surface area contributed by atoms with Crippen LogP contribution in [0.2, 0.25) is 0 Å². The summed E-state index contributed by atoms with van der Waals surface area (Å²) >= 11 is 0. The van der Waals surface area contributed by atoms with Crippen LogP contribution in [0.3, 0.4) is 0 Å². The molecule has 0 spiro atoms. The van der Waals surface area contributed by atoms with Gasteiger partial charge in [0, 0.05) is 44.3 Å². The number of benzene rings is 8. The zero-order valence-electron chi connectivity index (χ0n) is 36.4. The summed E-state index contributed by atoms with van der Waals surface area (Å²) in [6.07, 6.45) is 5.85. The Hall–Kier alpha value is -7.59. The van der Waals surface area contributed by atoms with Gasteiger partial charge in [-0.25, -0.2) is 4.98 Å². The molecule has 0 amide bonds. The van der Waals surface area contributed by atoms with Crippen molar-refractivity contribution < 1.29 is 30.2 Å². The van der Waals surface area contributed by atoms with Gasteiger partial charge in [0.1, 0.15) is 5.82 Å². The summed E-state index contributed by atoms with van der Waals surface area (Å²) in [6, 6.07) is 72.3. The summed E-state index contributed by atoms with van der Waals surface area (Å²) in [5.74, 6) is 2.00. The topological polar surface area (TPSA) is 35.6 Å². The van der Waals surface area contributed by atoms with Crippen LogP contribution >= 0.6 is 0 Å². The van der Waals surface area contributed by atoms with Gasteiger partial charge in [-0.1, -0.05) is 165 Å². The normalized spacial score (nSPS) is 12.0. The number of fused-ring (bicyclic) bond motifs is 20. The number of hydrogen-bond donors (Lipinski definition) is 0. The average Bonchev–Trinajstić information content (AvgIpc) is 3.89. The quantitative estimate of drug-likeness (QED) is 0.131. The molecule has 5 nitrogen and oxygen atoms in total. The molecular weight excluding hydrogens is 988 g/mol. The van der Waals surface area contributed by atoms with Crippen molar-refractivity contribution in [1.82, 2.24) is 14.0 Å². The van der Waals surface area contributed by atoms with Crippen molar-refractivity contribution in [2.45, 2.75) is 26.2 Å². The van der Waals surface area contributed by atoms with Gasteiger partial charge >= 0.3 is 0 Å². The smallest absolute Gasteiger partial charge is 0.268 e. The third kappa shape index (κ3) is 6.11. The maximum atomic E-state index is 6.88. The molecule has 13 aromatic rings. The van der Waals surface area contributed by atoms with Crippen molar-refractivity contribution in [2.75, 3.05) is 0 Å². The predicted octanol–water partition coefficient (Wildman–Crippen LogP) is 14.7. The van der Waals surface area contributed by atoms with Gasteiger partial charge in [0.05, 0.1) is 16.6 Å². The third-order valence-electron chi connectivity index (χ3n) is 13.1. The number of imidazole rings is 1. The van der Waals surface area contributed by atoms with Gasteiger partial charge in [-0.05, 0) is 89.2 Å². The van der Waals surface area contributed by atoms with E-state index in [0.717, 1.165) is 87.4 Å². The molecule has 0 atom stereocenters. The van der Waals surface area contributed by atoms with Crippen LogP contribution in [0.1, 0.15) is 26.3 Å². The molecule has 0 fully saturated rings. The van der Waals surface area contributed by atoms with Crippen LogP contribution in [0.4, 0.5) is 0 Å². The minimum atomic E-state index is -0.0395. The molecule has 0 bridgehead atoms. The second kappa shape index (κ2) is 15.3. The molecule has 0 unspecified atom stereocenters. The minimum absolute atomic E-state index is 0. The fourth-order valence-corrected chi connectivity index (χ4v) is 10.1. The molecule has 8 aromatic carbocycles. The van der Waals surface area contributed by atoms with Gasteiger partial charge in [-0.15, -0.1) is 35.0 Å². The molecule has 0 saturated heterocycles. The Labute approximate surface area is 395 Å². The molecule has 5 heterocycles. The molecule has 318 valence electrons. The maximum Gasteiger partial charge on any atom is 0.268 e. The van der Waals surface area contributed by atoms with E-state index < -0.39 is 0 Å². The van der Waals surface area contributed by atoms with Gasteiger partial charge in [0.25, 0.3) is 6.33 Å². The van der Waals surface area contributed by atoms with Crippen LogP contribution in [0.15, 0.2) is 188 Å². The summed E-state index contributed by atoms with van der Waals surface area (Å²) in [4.78, 5) is 4.90. The Morgan fingerprint density at radius 1 is 0.485 bits per heavy atom. The van der Waals surface area contributed by atoms with Crippen molar-refractivity contribution in [2.24, 2.45) is 0 Å². The fraction of sp³-hybridized carbons (Fsp3) is 0.0667. The molecule has 66 heavy (non-hydrogen) atoms. The number of ether oxygens (including phenoxy) is 1. The van der Waals surface area contributed by atoms with E-state index in [1.807, 2.05) is 18.3 Å². The zero-order chi connectivity index (χ0) is 43.4. The Bertz CT molecular complexity index is 4220. The van der Waals surface area contributed by atoms with Crippen LogP contribution < -0.4 is 9.14 Å². The van der Waals surface area contributed by atoms with Crippen molar-refractivity contribution in [3.63, 3.8) is 0 Å². The van der Waals surface area contributed by atoms with Gasteiger partial charge < -0.3 is 13.7 Å². The minimum Gasteiger partial charge on any atom is -0.510 e. The number of rotatable bonds is 3. The van der Waals surface area contributed by atoms with E-state index in [9.17, 15) is 0 Å². The van der Waals surface area contributed by atoms with Crippen molar-refractivity contribution in [1.29, 1.82) is 0 Å². The van der Waals surface area contributed by atoms with Crippen molar-refractivity contribution in [3.05, 3.63) is 212 Å². The van der Waals surface area contributed by atoms with Crippen LogP contribution in [0.5, 0.6) is 11.5 Å². The van der Waals surface area contributed by atoms with Gasteiger partial charge in [0.15, 0.2) is 0 Å². The van der Waals surface area contributed by atoms with E-state index in [0.29, 0.717) is 11.5 Å². The maximum absolute atomic E-state index is 6.88. The SMILES string of the molecule is CC(C)(C)c1ccnc(-n2c3[c-]c(Oc4[c-]c5c(cc4)c4ccccc4c4ccccc4c4c6c7ccccc7c7ccccc7c7ccccc7[n+]6[c-]n54)ccc3c3ccccc32)c1.[Pt]. The first-order valence-corrected chi connectivity index (χ1v) is 22.1. The molecule has 0 saturated carbocycles. The number of hydrogen-bond acceptors (Lipinski definition) is 2. The molecule has 0 aliphatic carbocycles. The Morgan fingerprint density at radius 3 is 1.62 bits per heavy atom. The summed E-state index contributed by atoms with van der Waals surface area (Å²) < 4.78 is 13.6. The van der Waals surface area contributed by atoms with Crippen molar-refractivity contribution >= 4 is 97.7 Å². The number of para-hydroxylation sites is 2. The molecule has 13 rings (SSSR count). The molecule has 6 heteroatoms. The third-order valence-corrected chi connectivity index (χ3v) is 13.1. The van der Waals surface area contributed by atoms with E-state index in [2.05, 4.69) is 222 Å². The second-order valence-corrected chi connectivity index (χ2v) is 17.9. The summed E-state index contributed by atoms with van der Waals surface area (Å²) in [5, 5.41) is 13.6. The van der Waals surface area contributed by atoms with Crippen LogP contribution in [0, 0.1) is 18.5 Å². The average molecular weight is 1030 g/mol. The summed E-state index contributed by atoms with van der Waals surface area (Å²) in [5.41, 5.74) is 7.10. The van der Waals surface area contributed by atoms with Crippen LogP contribution in [0.25, 0.3) is 104 Å². The van der Waals surface area contributed by atoms with Gasteiger partial charge in [-0.2, -0.15) is 12.1 Å². The van der Waals surface area contributed by atoms with Gasteiger partial charge in [-0.3, -0.25) is 4.40 Å². The summed E-state index contributed by atoms with van der Waals surface area (Å²) in [6.45, 7) is 6.69. The van der Waals surface area contributed by atoms with E-state index in [1.165, 1.54) is 21.7 Å². The fourth-order valence-electron chi connectivity index (χ4n) is 10.1. The second-order valence-electron chi connectivity index (χ2n) is 17.9. The first-order valence-electron chi connectivity index (χ1n) is 22.1. The van der Waals surface area contributed by atoms with Crippen LogP contribution in [-0.2, 0) is 26.5 Å². The van der Waals surface area contributed by atoms with E-state index in [-0.39, 0.29) is 26.5 Å². The molecular formula is C60H40N4OPt-2. The number of pyridine rings is 1. The van der Waals surface area contributed by atoms with E-state index in [4.69, 9.17) is 9.72 Å². The molecule has 0 radical (unpaired) electrons. The number of nitrogens with zero attached hydrogens (tertiary/aromatic N) is 4.